The quantitative estimate of drug-likeness (QED) is 0.538. The first-order valence-corrected chi connectivity index (χ1v) is 5.60. The minimum Gasteiger partial charge on any atom is -0.262 e. The molecular formula is C13H8IN. The van der Waals surface area contributed by atoms with Gasteiger partial charge in [-0.3, -0.25) is 4.98 Å². The molecule has 2 aromatic rings. The molecule has 1 heterocycles. The first kappa shape index (κ1) is 10.2. The fraction of sp³-hybridized carbons (Fsp3) is 0. The second kappa shape index (κ2) is 4.94. The fourth-order valence-electron chi connectivity index (χ4n) is 1.15. The van der Waals surface area contributed by atoms with E-state index in [1.54, 1.807) is 6.20 Å². The van der Waals surface area contributed by atoms with E-state index in [9.17, 15) is 0 Å². The topological polar surface area (TPSA) is 12.9 Å². The lowest BCUT2D eigenvalue weighted by atomic mass is 10.2. The molecule has 72 valence electrons. The third-order valence-corrected chi connectivity index (χ3v) is 2.42. The van der Waals surface area contributed by atoms with Gasteiger partial charge in [-0.1, -0.05) is 30.0 Å². The third kappa shape index (κ3) is 3.07. The molecule has 0 fully saturated rings. The van der Waals surface area contributed by atoms with E-state index < -0.39 is 0 Å². The predicted molar refractivity (Wildman–Crippen MR) is 69.4 cm³/mol. The Morgan fingerprint density at radius 3 is 2.40 bits per heavy atom. The monoisotopic (exact) mass is 305 g/mol. The Morgan fingerprint density at radius 2 is 1.67 bits per heavy atom. The van der Waals surface area contributed by atoms with Gasteiger partial charge in [-0.2, -0.15) is 0 Å². The molecule has 1 aromatic carbocycles. The highest BCUT2D eigenvalue weighted by Crippen LogP contribution is 2.04. The summed E-state index contributed by atoms with van der Waals surface area (Å²) in [5, 5.41) is 0. The van der Waals surface area contributed by atoms with Crippen LogP contribution >= 0.6 is 22.6 Å². The Kier molecular flexibility index (Phi) is 3.36. The molecule has 1 aromatic heterocycles. The van der Waals surface area contributed by atoms with Crippen molar-refractivity contribution in [3.63, 3.8) is 0 Å². The molecular weight excluding hydrogens is 297 g/mol. The van der Waals surface area contributed by atoms with Crippen molar-refractivity contribution in [2.45, 2.75) is 0 Å². The van der Waals surface area contributed by atoms with Crippen LogP contribution in [0, 0.1) is 15.4 Å². The molecule has 0 aliphatic rings. The Balaban J connectivity index is 2.26. The summed E-state index contributed by atoms with van der Waals surface area (Å²) < 4.78 is 1.10. The van der Waals surface area contributed by atoms with Crippen LogP contribution in [0.2, 0.25) is 0 Å². The molecule has 0 saturated heterocycles. The van der Waals surface area contributed by atoms with E-state index in [4.69, 9.17) is 0 Å². The van der Waals surface area contributed by atoms with Crippen molar-refractivity contribution in [3.8, 4) is 11.8 Å². The van der Waals surface area contributed by atoms with Gasteiger partial charge in [-0.25, -0.2) is 0 Å². The van der Waals surface area contributed by atoms with Gasteiger partial charge < -0.3 is 0 Å². The van der Waals surface area contributed by atoms with Crippen LogP contribution in [0.3, 0.4) is 0 Å². The average molecular weight is 305 g/mol. The zero-order valence-corrected chi connectivity index (χ0v) is 10.1. The first-order valence-electron chi connectivity index (χ1n) is 4.52. The molecule has 0 N–H and O–H groups in total. The van der Waals surface area contributed by atoms with E-state index in [0.717, 1.165) is 14.7 Å². The predicted octanol–water partition coefficient (Wildman–Crippen LogP) is 3.09. The molecule has 0 aliphatic heterocycles. The van der Waals surface area contributed by atoms with Gasteiger partial charge in [0, 0.05) is 27.1 Å². The summed E-state index contributed by atoms with van der Waals surface area (Å²) in [6, 6.07) is 12.0. The van der Waals surface area contributed by atoms with Crippen LogP contribution in [0.25, 0.3) is 0 Å². The number of hydrogen-bond donors (Lipinski definition) is 0. The SMILES string of the molecule is Ic1cncc(C#Cc2ccccc2)c1. The van der Waals surface area contributed by atoms with Crippen LogP contribution in [-0.2, 0) is 0 Å². The van der Waals surface area contributed by atoms with Crippen molar-refractivity contribution in [2.75, 3.05) is 0 Å². The highest BCUT2D eigenvalue weighted by Gasteiger charge is 1.89. The average Bonchev–Trinajstić information content (AvgIpc) is 2.28. The van der Waals surface area contributed by atoms with Crippen molar-refractivity contribution >= 4 is 22.6 Å². The minimum absolute atomic E-state index is 0.950. The van der Waals surface area contributed by atoms with Crippen molar-refractivity contribution in [1.29, 1.82) is 0 Å². The lowest BCUT2D eigenvalue weighted by Crippen LogP contribution is -1.80. The zero-order valence-electron chi connectivity index (χ0n) is 7.94. The van der Waals surface area contributed by atoms with Gasteiger partial charge in [-0.05, 0) is 40.8 Å². The Hall–Kier alpha value is -1.34. The van der Waals surface area contributed by atoms with Gasteiger partial charge in [-0.15, -0.1) is 0 Å². The summed E-state index contributed by atoms with van der Waals surface area (Å²) >= 11 is 2.23. The van der Waals surface area contributed by atoms with E-state index in [0.29, 0.717) is 0 Å². The molecule has 0 spiro atoms. The molecule has 0 bridgehead atoms. The van der Waals surface area contributed by atoms with E-state index in [1.807, 2.05) is 42.6 Å². The van der Waals surface area contributed by atoms with Crippen molar-refractivity contribution in [3.05, 3.63) is 63.5 Å². The highest BCUT2D eigenvalue weighted by atomic mass is 127. The first-order chi connectivity index (χ1) is 7.34. The largest absolute Gasteiger partial charge is 0.262 e. The third-order valence-electron chi connectivity index (χ3n) is 1.83. The van der Waals surface area contributed by atoms with E-state index >= 15 is 0 Å². The molecule has 15 heavy (non-hydrogen) atoms. The van der Waals surface area contributed by atoms with E-state index in [2.05, 4.69) is 39.4 Å². The van der Waals surface area contributed by atoms with Gasteiger partial charge in [0.25, 0.3) is 0 Å². The lowest BCUT2D eigenvalue weighted by molar-refractivity contribution is 1.29. The molecule has 0 saturated carbocycles. The number of halogens is 1. The number of rotatable bonds is 0. The van der Waals surface area contributed by atoms with Gasteiger partial charge >= 0.3 is 0 Å². The molecule has 0 atom stereocenters. The van der Waals surface area contributed by atoms with Crippen LogP contribution in [0.4, 0.5) is 0 Å². The van der Waals surface area contributed by atoms with Crippen molar-refractivity contribution < 1.29 is 0 Å². The molecule has 2 rings (SSSR count). The van der Waals surface area contributed by atoms with Crippen LogP contribution in [0.1, 0.15) is 11.1 Å². The van der Waals surface area contributed by atoms with Crippen LogP contribution in [-0.4, -0.2) is 4.98 Å². The standard InChI is InChI=1S/C13H8IN/c14-13-8-12(9-15-10-13)7-6-11-4-2-1-3-5-11/h1-5,8-10H. The summed E-state index contributed by atoms with van der Waals surface area (Å²) in [6.07, 6.45) is 3.59. The maximum atomic E-state index is 4.09. The Labute approximate surface area is 103 Å². The van der Waals surface area contributed by atoms with E-state index in [1.165, 1.54) is 0 Å². The van der Waals surface area contributed by atoms with Gasteiger partial charge in [0.2, 0.25) is 0 Å². The van der Waals surface area contributed by atoms with Crippen LogP contribution < -0.4 is 0 Å². The smallest absolute Gasteiger partial charge is 0.0443 e. The summed E-state index contributed by atoms with van der Waals surface area (Å²) in [5.74, 6) is 6.18. The van der Waals surface area contributed by atoms with Crippen molar-refractivity contribution in [2.24, 2.45) is 0 Å². The zero-order chi connectivity index (χ0) is 10.5. The maximum absolute atomic E-state index is 4.09. The van der Waals surface area contributed by atoms with Crippen LogP contribution in [0.15, 0.2) is 48.8 Å². The van der Waals surface area contributed by atoms with Crippen molar-refractivity contribution in [1.82, 2.24) is 4.98 Å². The number of benzene rings is 1. The minimum atomic E-state index is 0.950. The van der Waals surface area contributed by atoms with E-state index in [-0.39, 0.29) is 0 Å². The fourth-order valence-corrected chi connectivity index (χ4v) is 1.64. The summed E-state index contributed by atoms with van der Waals surface area (Å²) in [6.45, 7) is 0. The highest BCUT2D eigenvalue weighted by molar-refractivity contribution is 14.1. The molecule has 0 radical (unpaired) electrons. The van der Waals surface area contributed by atoms with Gasteiger partial charge in [0.15, 0.2) is 0 Å². The number of nitrogens with zero attached hydrogens (tertiary/aromatic N) is 1. The summed E-state index contributed by atoms with van der Waals surface area (Å²) in [5.41, 5.74) is 1.97. The Morgan fingerprint density at radius 1 is 0.933 bits per heavy atom. The molecule has 1 nitrogen and oxygen atoms in total. The number of hydrogen-bond acceptors (Lipinski definition) is 1. The normalized spacial score (nSPS) is 9.13. The molecule has 0 unspecified atom stereocenters. The van der Waals surface area contributed by atoms with Crippen LogP contribution in [0.5, 0.6) is 0 Å². The Bertz CT molecular complexity index is 509. The number of pyridine rings is 1. The van der Waals surface area contributed by atoms with Gasteiger partial charge in [0.1, 0.15) is 0 Å². The van der Waals surface area contributed by atoms with Gasteiger partial charge in [0.05, 0.1) is 0 Å². The summed E-state index contributed by atoms with van der Waals surface area (Å²) in [7, 11) is 0. The molecule has 0 aliphatic carbocycles. The molecule has 0 amide bonds. The second-order valence-corrected chi connectivity index (χ2v) is 4.25. The number of aromatic nitrogens is 1. The summed E-state index contributed by atoms with van der Waals surface area (Å²) in [4.78, 5) is 4.09. The lowest BCUT2D eigenvalue weighted by Gasteiger charge is -1.90. The molecule has 2 heteroatoms. The second-order valence-electron chi connectivity index (χ2n) is 3.01. The maximum Gasteiger partial charge on any atom is 0.0443 e.